The van der Waals surface area contributed by atoms with Crippen LogP contribution in [0.15, 0.2) is 22.2 Å². The van der Waals surface area contributed by atoms with Crippen LogP contribution in [-0.4, -0.2) is 27.7 Å². The zero-order valence-corrected chi connectivity index (χ0v) is 13.4. The highest BCUT2D eigenvalue weighted by atomic mass is 79.9. The van der Waals surface area contributed by atoms with E-state index in [2.05, 4.69) is 39.9 Å². The number of aromatic nitrogens is 3. The minimum atomic E-state index is -0.149. The van der Waals surface area contributed by atoms with Crippen LogP contribution in [0.1, 0.15) is 24.3 Å². The van der Waals surface area contributed by atoms with Gasteiger partial charge in [0.2, 0.25) is 0 Å². The van der Waals surface area contributed by atoms with Crippen molar-refractivity contribution in [3.05, 3.63) is 27.9 Å². The molecule has 0 aliphatic carbocycles. The second kappa shape index (κ2) is 5.83. The van der Waals surface area contributed by atoms with Gasteiger partial charge in [-0.25, -0.2) is 4.98 Å². The summed E-state index contributed by atoms with van der Waals surface area (Å²) >= 11 is 4.75. The zero-order chi connectivity index (χ0) is 14.0. The number of anilines is 1. The quantitative estimate of drug-likeness (QED) is 0.857. The number of rotatable bonds is 4. The third-order valence-electron chi connectivity index (χ3n) is 2.47. The third-order valence-corrected chi connectivity index (χ3v) is 4.02. The molecule has 0 aliphatic heterocycles. The molecule has 2 aromatic heterocycles. The number of carbonyl (C=O) groups is 1. The molecule has 0 N–H and O–H groups in total. The molecule has 5 nitrogen and oxygen atoms in total. The molecule has 0 unspecified atom stereocenters. The van der Waals surface area contributed by atoms with Gasteiger partial charge >= 0.3 is 0 Å². The molecule has 0 aromatic carbocycles. The zero-order valence-electron chi connectivity index (χ0n) is 11.0. The fraction of sp³-hybridized carbons (Fsp3) is 0.417. The first-order valence-corrected chi connectivity index (χ1v) is 7.51. The van der Waals surface area contributed by atoms with Crippen LogP contribution in [0.25, 0.3) is 0 Å². The molecule has 0 radical (unpaired) electrons. The van der Waals surface area contributed by atoms with E-state index in [1.807, 2.05) is 6.20 Å². The van der Waals surface area contributed by atoms with Gasteiger partial charge in [-0.3, -0.25) is 14.4 Å². The van der Waals surface area contributed by atoms with Crippen molar-refractivity contribution in [3.8, 4) is 0 Å². The first kappa shape index (κ1) is 14.2. The molecule has 1 amide bonds. The fourth-order valence-electron chi connectivity index (χ4n) is 1.61. The summed E-state index contributed by atoms with van der Waals surface area (Å²) in [6.07, 6.45) is 3.51. The maximum absolute atomic E-state index is 12.3. The largest absolute Gasteiger partial charge is 0.286 e. The monoisotopic (exact) mass is 342 g/mol. The lowest BCUT2D eigenvalue weighted by molar-refractivity contribution is 0.0987. The first-order chi connectivity index (χ1) is 8.97. The highest BCUT2D eigenvalue weighted by Crippen LogP contribution is 2.26. The molecule has 0 saturated heterocycles. The van der Waals surface area contributed by atoms with E-state index >= 15 is 0 Å². The van der Waals surface area contributed by atoms with Crippen molar-refractivity contribution in [1.82, 2.24) is 14.8 Å². The summed E-state index contributed by atoms with van der Waals surface area (Å²) in [7, 11) is 1.70. The van der Waals surface area contributed by atoms with Gasteiger partial charge in [-0.1, -0.05) is 25.2 Å². The molecule has 0 saturated carbocycles. The standard InChI is InChI=1S/C12H15BrN4OS/c1-8(2)7-17-5-4-9(15-17)11(18)16(3)12-14-6-10(13)19-12/h4-6,8H,7H2,1-3H3. The van der Waals surface area contributed by atoms with Crippen LogP contribution >= 0.6 is 27.3 Å². The van der Waals surface area contributed by atoms with Crippen LogP contribution in [0.5, 0.6) is 0 Å². The number of nitrogens with zero attached hydrogens (tertiary/aromatic N) is 4. The molecule has 102 valence electrons. The van der Waals surface area contributed by atoms with E-state index in [9.17, 15) is 4.79 Å². The van der Waals surface area contributed by atoms with Gasteiger partial charge in [0.1, 0.15) is 0 Å². The molecular formula is C12H15BrN4OS. The van der Waals surface area contributed by atoms with Gasteiger partial charge in [-0.05, 0) is 27.9 Å². The number of carbonyl (C=O) groups excluding carboxylic acids is 1. The van der Waals surface area contributed by atoms with Crippen molar-refractivity contribution in [2.24, 2.45) is 5.92 Å². The summed E-state index contributed by atoms with van der Waals surface area (Å²) in [5.74, 6) is 0.347. The Morgan fingerprint density at radius 1 is 1.58 bits per heavy atom. The average molecular weight is 343 g/mol. The lowest BCUT2D eigenvalue weighted by Crippen LogP contribution is -2.26. The normalized spacial score (nSPS) is 11.0. The van der Waals surface area contributed by atoms with Crippen LogP contribution < -0.4 is 4.90 Å². The summed E-state index contributed by atoms with van der Waals surface area (Å²) in [6, 6.07) is 1.74. The molecule has 7 heteroatoms. The molecular weight excluding hydrogens is 328 g/mol. The van der Waals surface area contributed by atoms with Crippen molar-refractivity contribution in [3.63, 3.8) is 0 Å². The van der Waals surface area contributed by atoms with Gasteiger partial charge in [0.25, 0.3) is 5.91 Å². The Labute approximate surface area is 124 Å². The summed E-state index contributed by atoms with van der Waals surface area (Å²) in [4.78, 5) is 17.9. The van der Waals surface area contributed by atoms with Crippen molar-refractivity contribution in [2.75, 3.05) is 11.9 Å². The average Bonchev–Trinajstić information content (AvgIpc) is 2.95. The van der Waals surface area contributed by atoms with Gasteiger partial charge in [-0.15, -0.1) is 0 Å². The predicted molar refractivity (Wildman–Crippen MR) is 79.6 cm³/mol. The van der Waals surface area contributed by atoms with Crippen LogP contribution in [0.3, 0.4) is 0 Å². The third kappa shape index (κ3) is 3.42. The number of halogens is 1. The van der Waals surface area contributed by atoms with E-state index in [0.29, 0.717) is 16.7 Å². The summed E-state index contributed by atoms with van der Waals surface area (Å²) in [5.41, 5.74) is 0.439. The Balaban J connectivity index is 2.13. The van der Waals surface area contributed by atoms with Crippen molar-refractivity contribution < 1.29 is 4.79 Å². The van der Waals surface area contributed by atoms with Crippen LogP contribution in [0, 0.1) is 5.92 Å². The molecule has 2 heterocycles. The topological polar surface area (TPSA) is 51.0 Å². The van der Waals surface area contributed by atoms with E-state index in [-0.39, 0.29) is 5.91 Å². The summed E-state index contributed by atoms with van der Waals surface area (Å²) < 4.78 is 2.69. The Morgan fingerprint density at radius 2 is 2.32 bits per heavy atom. The second-order valence-electron chi connectivity index (χ2n) is 4.63. The smallest absolute Gasteiger partial charge is 0.280 e. The molecule has 0 bridgehead atoms. The minimum Gasteiger partial charge on any atom is -0.286 e. The molecule has 0 spiro atoms. The van der Waals surface area contributed by atoms with Crippen LogP contribution in [0.2, 0.25) is 0 Å². The molecule has 2 aromatic rings. The Hall–Kier alpha value is -1.21. The molecule has 19 heavy (non-hydrogen) atoms. The highest BCUT2D eigenvalue weighted by Gasteiger charge is 2.18. The van der Waals surface area contributed by atoms with E-state index in [4.69, 9.17) is 0 Å². The van der Waals surface area contributed by atoms with Crippen molar-refractivity contribution in [1.29, 1.82) is 0 Å². The SMILES string of the molecule is CC(C)Cn1ccc(C(=O)N(C)c2ncc(Br)s2)n1. The minimum absolute atomic E-state index is 0.149. The lowest BCUT2D eigenvalue weighted by atomic mass is 10.2. The lowest BCUT2D eigenvalue weighted by Gasteiger charge is -2.11. The molecule has 0 atom stereocenters. The van der Waals surface area contributed by atoms with E-state index in [0.717, 1.165) is 10.3 Å². The Morgan fingerprint density at radius 3 is 2.89 bits per heavy atom. The van der Waals surface area contributed by atoms with Gasteiger partial charge in [0.15, 0.2) is 10.8 Å². The van der Waals surface area contributed by atoms with E-state index in [1.54, 1.807) is 24.0 Å². The van der Waals surface area contributed by atoms with E-state index in [1.165, 1.54) is 16.2 Å². The first-order valence-electron chi connectivity index (χ1n) is 5.90. The second-order valence-corrected chi connectivity index (χ2v) is 7.02. The molecule has 2 rings (SSSR count). The van der Waals surface area contributed by atoms with Gasteiger partial charge < -0.3 is 0 Å². The maximum atomic E-state index is 12.3. The summed E-state index contributed by atoms with van der Waals surface area (Å²) in [5, 5.41) is 4.94. The highest BCUT2D eigenvalue weighted by molar-refractivity contribution is 9.11. The van der Waals surface area contributed by atoms with E-state index < -0.39 is 0 Å². The number of hydrogen-bond acceptors (Lipinski definition) is 4. The van der Waals surface area contributed by atoms with Gasteiger partial charge in [0.05, 0.1) is 9.98 Å². The predicted octanol–water partition coefficient (Wildman–Crippen LogP) is 3.03. The maximum Gasteiger partial charge on any atom is 0.280 e. The Bertz CT molecular complexity index is 578. The van der Waals surface area contributed by atoms with Crippen molar-refractivity contribution in [2.45, 2.75) is 20.4 Å². The van der Waals surface area contributed by atoms with Gasteiger partial charge in [0, 0.05) is 19.8 Å². The fourth-order valence-corrected chi connectivity index (χ4v) is 2.75. The molecule has 0 aliphatic rings. The van der Waals surface area contributed by atoms with Crippen LogP contribution in [0.4, 0.5) is 5.13 Å². The number of hydrogen-bond donors (Lipinski definition) is 0. The Kier molecular flexibility index (Phi) is 4.36. The number of amides is 1. The van der Waals surface area contributed by atoms with Gasteiger partial charge in [-0.2, -0.15) is 5.10 Å². The summed E-state index contributed by atoms with van der Waals surface area (Å²) in [6.45, 7) is 5.03. The molecule has 0 fully saturated rings. The number of thiazole rings is 1. The van der Waals surface area contributed by atoms with Crippen LogP contribution in [-0.2, 0) is 6.54 Å². The van der Waals surface area contributed by atoms with Crippen molar-refractivity contribution >= 4 is 38.3 Å².